The molecule has 3 nitrogen and oxygen atoms in total. The number of aromatic nitrogens is 2. The van der Waals surface area contributed by atoms with E-state index in [-0.39, 0.29) is 16.8 Å². The van der Waals surface area contributed by atoms with Crippen molar-refractivity contribution >= 4 is 0 Å². The Morgan fingerprint density at radius 1 is 1.19 bits per heavy atom. The van der Waals surface area contributed by atoms with Crippen LogP contribution in [-0.2, 0) is 0 Å². The number of nitrogens with one attached hydrogen (secondary N) is 1. The van der Waals surface area contributed by atoms with Gasteiger partial charge >= 0.3 is 0 Å². The molecule has 0 aliphatic heterocycles. The van der Waals surface area contributed by atoms with Gasteiger partial charge in [-0.05, 0) is 18.6 Å². The van der Waals surface area contributed by atoms with Crippen LogP contribution in [0, 0.1) is 18.6 Å². The van der Waals surface area contributed by atoms with E-state index in [4.69, 9.17) is 0 Å². The van der Waals surface area contributed by atoms with Gasteiger partial charge in [-0.25, -0.2) is 8.78 Å². The number of hydrogen-bond acceptors (Lipinski definition) is 2. The van der Waals surface area contributed by atoms with Crippen molar-refractivity contribution in [2.24, 2.45) is 0 Å². The molecular weight excluding hydrogens is 214 g/mol. The van der Waals surface area contributed by atoms with Crippen LogP contribution in [0.5, 0.6) is 0 Å². The van der Waals surface area contributed by atoms with Crippen LogP contribution in [0.15, 0.2) is 29.3 Å². The molecule has 1 aromatic heterocycles. The van der Waals surface area contributed by atoms with E-state index in [0.29, 0.717) is 0 Å². The molecule has 2 aromatic rings. The van der Waals surface area contributed by atoms with Gasteiger partial charge in [-0.3, -0.25) is 9.78 Å². The highest BCUT2D eigenvalue weighted by molar-refractivity contribution is 5.59. The molecule has 0 aliphatic carbocycles. The number of hydrogen-bond donors (Lipinski definition) is 1. The number of rotatable bonds is 1. The summed E-state index contributed by atoms with van der Waals surface area (Å²) in [5.74, 6) is -1.90. The van der Waals surface area contributed by atoms with Crippen molar-refractivity contribution < 1.29 is 8.78 Å². The third-order valence-electron chi connectivity index (χ3n) is 2.22. The molecule has 0 spiro atoms. The molecule has 0 saturated carbocycles. The van der Waals surface area contributed by atoms with Gasteiger partial charge in [0.05, 0.1) is 18.1 Å². The highest BCUT2D eigenvalue weighted by atomic mass is 19.2. The van der Waals surface area contributed by atoms with Crippen LogP contribution in [0.3, 0.4) is 0 Å². The Morgan fingerprint density at radius 3 is 2.62 bits per heavy atom. The Balaban J connectivity index is 2.66. The minimum atomic E-state index is -0.983. The standard InChI is InChI=1S/C11H8F2N2O/c1-6-2-3-7(11(13)10(6)12)8-4-14-5-9(16)15-8/h2-5H,1H3,(H,15,16). The Labute approximate surface area is 89.8 Å². The van der Waals surface area contributed by atoms with Gasteiger partial charge in [0.25, 0.3) is 5.56 Å². The summed E-state index contributed by atoms with van der Waals surface area (Å²) in [5, 5.41) is 0. The second-order valence-electron chi connectivity index (χ2n) is 3.37. The second-order valence-corrected chi connectivity index (χ2v) is 3.37. The van der Waals surface area contributed by atoms with Crippen molar-refractivity contribution in [1.82, 2.24) is 9.97 Å². The van der Waals surface area contributed by atoms with E-state index in [9.17, 15) is 13.6 Å². The molecule has 0 saturated heterocycles. The summed E-state index contributed by atoms with van der Waals surface area (Å²) in [6.45, 7) is 1.47. The van der Waals surface area contributed by atoms with E-state index in [0.717, 1.165) is 6.20 Å². The topological polar surface area (TPSA) is 45.8 Å². The van der Waals surface area contributed by atoms with Gasteiger partial charge in [-0.2, -0.15) is 0 Å². The molecule has 1 heterocycles. The minimum absolute atomic E-state index is 0.00620. The molecule has 1 aromatic carbocycles. The third kappa shape index (κ3) is 1.71. The van der Waals surface area contributed by atoms with Crippen molar-refractivity contribution in [3.8, 4) is 11.3 Å². The largest absolute Gasteiger partial charge is 0.319 e. The lowest BCUT2D eigenvalue weighted by atomic mass is 10.1. The predicted octanol–water partition coefficient (Wildman–Crippen LogP) is 2.02. The van der Waals surface area contributed by atoms with Crippen molar-refractivity contribution in [3.05, 3.63) is 52.1 Å². The predicted molar refractivity (Wildman–Crippen MR) is 54.9 cm³/mol. The van der Waals surface area contributed by atoms with Gasteiger partial charge in [0.1, 0.15) is 0 Å². The van der Waals surface area contributed by atoms with Gasteiger partial charge in [-0.1, -0.05) is 6.07 Å². The molecule has 5 heteroatoms. The molecule has 2 rings (SSSR count). The van der Waals surface area contributed by atoms with E-state index in [2.05, 4.69) is 9.97 Å². The van der Waals surface area contributed by atoms with Gasteiger partial charge in [0, 0.05) is 5.56 Å². The second kappa shape index (κ2) is 3.84. The minimum Gasteiger partial charge on any atom is -0.319 e. The van der Waals surface area contributed by atoms with E-state index >= 15 is 0 Å². The fourth-order valence-electron chi connectivity index (χ4n) is 1.37. The van der Waals surface area contributed by atoms with Crippen LogP contribution in [0.1, 0.15) is 5.56 Å². The third-order valence-corrected chi connectivity index (χ3v) is 2.22. The molecular formula is C11H8F2N2O. The molecule has 16 heavy (non-hydrogen) atoms. The first kappa shape index (κ1) is 10.5. The Morgan fingerprint density at radius 2 is 1.94 bits per heavy atom. The first-order valence-electron chi connectivity index (χ1n) is 4.59. The quantitative estimate of drug-likeness (QED) is 0.802. The number of benzene rings is 1. The van der Waals surface area contributed by atoms with Crippen molar-refractivity contribution in [2.45, 2.75) is 6.92 Å². The van der Waals surface area contributed by atoms with Crippen molar-refractivity contribution in [3.63, 3.8) is 0 Å². The summed E-state index contributed by atoms with van der Waals surface area (Å²) in [6.07, 6.45) is 2.33. The Hall–Kier alpha value is -2.04. The van der Waals surface area contributed by atoms with Gasteiger partial charge in [0.2, 0.25) is 0 Å². The molecule has 1 N–H and O–H groups in total. The molecule has 0 fully saturated rings. The lowest BCUT2D eigenvalue weighted by Crippen LogP contribution is -2.07. The summed E-state index contributed by atoms with van der Waals surface area (Å²) in [5.41, 5.74) is -0.0948. The molecule has 0 bridgehead atoms. The Kier molecular flexibility index (Phi) is 2.52. The zero-order valence-corrected chi connectivity index (χ0v) is 8.42. The van der Waals surface area contributed by atoms with Crippen LogP contribution >= 0.6 is 0 Å². The summed E-state index contributed by atoms with van der Waals surface area (Å²) >= 11 is 0. The maximum atomic E-state index is 13.6. The number of halogens is 2. The first-order chi connectivity index (χ1) is 7.59. The average Bonchev–Trinajstić information content (AvgIpc) is 2.26. The van der Waals surface area contributed by atoms with E-state index < -0.39 is 17.2 Å². The molecule has 0 aliphatic rings. The highest BCUT2D eigenvalue weighted by Gasteiger charge is 2.12. The maximum absolute atomic E-state index is 13.6. The van der Waals surface area contributed by atoms with Crippen LogP contribution in [0.4, 0.5) is 8.78 Å². The fourth-order valence-corrected chi connectivity index (χ4v) is 1.37. The van der Waals surface area contributed by atoms with Crippen LogP contribution in [0.2, 0.25) is 0 Å². The van der Waals surface area contributed by atoms with E-state index in [1.54, 1.807) is 0 Å². The molecule has 0 radical (unpaired) electrons. The molecule has 0 atom stereocenters. The number of aryl methyl sites for hydroxylation is 1. The highest BCUT2D eigenvalue weighted by Crippen LogP contribution is 2.23. The van der Waals surface area contributed by atoms with E-state index in [1.165, 1.54) is 25.3 Å². The lowest BCUT2D eigenvalue weighted by molar-refractivity contribution is 0.505. The van der Waals surface area contributed by atoms with Gasteiger partial charge < -0.3 is 4.98 Å². The smallest absolute Gasteiger partial charge is 0.266 e. The summed E-state index contributed by atoms with van der Waals surface area (Å²) in [7, 11) is 0. The first-order valence-corrected chi connectivity index (χ1v) is 4.59. The summed E-state index contributed by atoms with van der Waals surface area (Å²) in [4.78, 5) is 17.0. The normalized spacial score (nSPS) is 10.4. The van der Waals surface area contributed by atoms with Gasteiger partial charge in [0.15, 0.2) is 11.6 Å². The fraction of sp³-hybridized carbons (Fsp3) is 0.0909. The van der Waals surface area contributed by atoms with E-state index in [1.807, 2.05) is 0 Å². The summed E-state index contributed by atoms with van der Waals surface area (Å²) in [6, 6.07) is 2.85. The van der Waals surface area contributed by atoms with Crippen LogP contribution in [0.25, 0.3) is 11.3 Å². The molecule has 0 unspecified atom stereocenters. The Bertz CT molecular complexity index is 593. The lowest BCUT2D eigenvalue weighted by Gasteiger charge is -2.05. The van der Waals surface area contributed by atoms with Crippen LogP contribution < -0.4 is 5.56 Å². The summed E-state index contributed by atoms with van der Waals surface area (Å²) < 4.78 is 26.8. The van der Waals surface area contributed by atoms with Crippen LogP contribution in [-0.4, -0.2) is 9.97 Å². The number of aromatic amines is 1. The van der Waals surface area contributed by atoms with Gasteiger partial charge in [-0.15, -0.1) is 0 Å². The maximum Gasteiger partial charge on any atom is 0.266 e. The van der Waals surface area contributed by atoms with Crippen molar-refractivity contribution in [2.75, 3.05) is 0 Å². The number of nitrogens with zero attached hydrogens (tertiary/aromatic N) is 1. The SMILES string of the molecule is Cc1ccc(-c2cncc(=O)[nH]2)c(F)c1F. The average molecular weight is 222 g/mol. The van der Waals surface area contributed by atoms with Crippen molar-refractivity contribution in [1.29, 1.82) is 0 Å². The zero-order chi connectivity index (χ0) is 11.7. The zero-order valence-electron chi connectivity index (χ0n) is 8.42. The molecule has 0 amide bonds. The molecule has 82 valence electrons. The monoisotopic (exact) mass is 222 g/mol. The number of H-pyrrole nitrogens is 1.